The van der Waals surface area contributed by atoms with Gasteiger partial charge in [-0.25, -0.2) is 0 Å². The molecule has 1 fully saturated rings. The largest absolute Gasteiger partial charge is 0.353 e. The van der Waals surface area contributed by atoms with E-state index in [0.717, 1.165) is 25.9 Å². The molecule has 2 rings (SSSR count). The van der Waals surface area contributed by atoms with Crippen molar-refractivity contribution in [1.82, 2.24) is 10.6 Å². The van der Waals surface area contributed by atoms with Gasteiger partial charge in [0.15, 0.2) is 0 Å². The highest BCUT2D eigenvalue weighted by molar-refractivity contribution is 5.85. The van der Waals surface area contributed by atoms with Crippen LogP contribution in [0.3, 0.4) is 0 Å². The second-order valence-electron chi connectivity index (χ2n) is 5.52. The molecule has 0 aliphatic carbocycles. The van der Waals surface area contributed by atoms with E-state index in [2.05, 4.69) is 36.6 Å². The molecular formula is C16H25ClN2O. The monoisotopic (exact) mass is 296 g/mol. The van der Waals surface area contributed by atoms with Gasteiger partial charge in [0.05, 0.1) is 0 Å². The average molecular weight is 297 g/mol. The van der Waals surface area contributed by atoms with Gasteiger partial charge >= 0.3 is 0 Å². The molecule has 0 saturated carbocycles. The molecule has 2 N–H and O–H groups in total. The maximum Gasteiger partial charge on any atom is 0.223 e. The molecule has 1 aromatic carbocycles. The van der Waals surface area contributed by atoms with Gasteiger partial charge in [-0.15, -0.1) is 12.4 Å². The van der Waals surface area contributed by atoms with E-state index >= 15 is 0 Å². The van der Waals surface area contributed by atoms with E-state index in [1.807, 2.05) is 18.2 Å². The summed E-state index contributed by atoms with van der Waals surface area (Å²) in [5.41, 5.74) is 1.28. The molecule has 3 nitrogen and oxygen atoms in total. The van der Waals surface area contributed by atoms with Crippen LogP contribution in [-0.2, 0) is 4.79 Å². The first-order chi connectivity index (χ1) is 9.18. The SMILES string of the molecule is CC(NC(=O)C1CCNCC1)C(C)c1ccccc1.Cl. The number of carbonyl (C=O) groups is 1. The van der Waals surface area contributed by atoms with Gasteiger partial charge in [-0.2, -0.15) is 0 Å². The van der Waals surface area contributed by atoms with Crippen LogP contribution in [0.25, 0.3) is 0 Å². The van der Waals surface area contributed by atoms with Crippen LogP contribution in [0, 0.1) is 5.92 Å². The third-order valence-corrected chi connectivity index (χ3v) is 4.16. The van der Waals surface area contributed by atoms with Gasteiger partial charge in [0.2, 0.25) is 5.91 Å². The predicted molar refractivity (Wildman–Crippen MR) is 85.3 cm³/mol. The minimum atomic E-state index is 0. The van der Waals surface area contributed by atoms with Crippen LogP contribution >= 0.6 is 12.4 Å². The summed E-state index contributed by atoms with van der Waals surface area (Å²) in [6.45, 7) is 6.18. The Hall–Kier alpha value is -1.06. The zero-order valence-electron chi connectivity index (χ0n) is 12.3. The fourth-order valence-electron chi connectivity index (χ4n) is 2.60. The van der Waals surface area contributed by atoms with Crippen molar-refractivity contribution in [2.24, 2.45) is 5.92 Å². The van der Waals surface area contributed by atoms with E-state index in [4.69, 9.17) is 0 Å². The van der Waals surface area contributed by atoms with Gasteiger partial charge in [-0.3, -0.25) is 4.79 Å². The Morgan fingerprint density at radius 3 is 2.40 bits per heavy atom. The molecule has 0 spiro atoms. The first kappa shape index (κ1) is 17.0. The Morgan fingerprint density at radius 2 is 1.80 bits per heavy atom. The zero-order valence-corrected chi connectivity index (χ0v) is 13.1. The molecule has 1 aliphatic heterocycles. The first-order valence-corrected chi connectivity index (χ1v) is 7.24. The summed E-state index contributed by atoms with van der Waals surface area (Å²) in [6.07, 6.45) is 1.91. The van der Waals surface area contributed by atoms with Crippen LogP contribution in [0.5, 0.6) is 0 Å². The first-order valence-electron chi connectivity index (χ1n) is 7.24. The second kappa shape index (κ2) is 8.28. The van der Waals surface area contributed by atoms with E-state index in [0.29, 0.717) is 5.92 Å². The van der Waals surface area contributed by atoms with Crippen LogP contribution in [-0.4, -0.2) is 25.0 Å². The minimum absolute atomic E-state index is 0. The Kier molecular flexibility index (Phi) is 7.03. The Balaban J connectivity index is 0.00000200. The lowest BCUT2D eigenvalue weighted by atomic mass is 9.92. The van der Waals surface area contributed by atoms with Crippen molar-refractivity contribution in [3.63, 3.8) is 0 Å². The van der Waals surface area contributed by atoms with Crippen molar-refractivity contribution in [2.75, 3.05) is 13.1 Å². The van der Waals surface area contributed by atoms with Gasteiger partial charge < -0.3 is 10.6 Å². The van der Waals surface area contributed by atoms with Crippen molar-refractivity contribution in [2.45, 2.75) is 38.6 Å². The summed E-state index contributed by atoms with van der Waals surface area (Å²) in [6, 6.07) is 10.5. The summed E-state index contributed by atoms with van der Waals surface area (Å²) in [7, 11) is 0. The summed E-state index contributed by atoms with van der Waals surface area (Å²) in [5.74, 6) is 0.746. The van der Waals surface area contributed by atoms with E-state index in [9.17, 15) is 4.79 Å². The van der Waals surface area contributed by atoms with Gasteiger partial charge in [0, 0.05) is 17.9 Å². The fourth-order valence-corrected chi connectivity index (χ4v) is 2.60. The number of benzene rings is 1. The highest BCUT2D eigenvalue weighted by atomic mass is 35.5. The van der Waals surface area contributed by atoms with Gasteiger partial charge in [0.1, 0.15) is 0 Å². The molecule has 20 heavy (non-hydrogen) atoms. The van der Waals surface area contributed by atoms with Crippen molar-refractivity contribution in [1.29, 1.82) is 0 Å². The molecule has 1 heterocycles. The molecule has 1 saturated heterocycles. The molecule has 1 aliphatic rings. The van der Waals surface area contributed by atoms with E-state index < -0.39 is 0 Å². The Bertz CT molecular complexity index is 404. The van der Waals surface area contributed by atoms with Crippen LogP contribution in [0.2, 0.25) is 0 Å². The van der Waals surface area contributed by atoms with Crippen LogP contribution in [0.4, 0.5) is 0 Å². The van der Waals surface area contributed by atoms with Gasteiger partial charge in [-0.1, -0.05) is 37.3 Å². The molecule has 1 aromatic rings. The number of rotatable bonds is 4. The summed E-state index contributed by atoms with van der Waals surface area (Å²) >= 11 is 0. The highest BCUT2D eigenvalue weighted by Crippen LogP contribution is 2.20. The number of hydrogen-bond acceptors (Lipinski definition) is 2. The second-order valence-corrected chi connectivity index (χ2v) is 5.52. The molecule has 2 atom stereocenters. The van der Waals surface area contributed by atoms with Gasteiger partial charge in [0.25, 0.3) is 0 Å². The maximum absolute atomic E-state index is 12.2. The lowest BCUT2D eigenvalue weighted by Gasteiger charge is -2.26. The quantitative estimate of drug-likeness (QED) is 0.897. The van der Waals surface area contributed by atoms with E-state index in [-0.39, 0.29) is 30.3 Å². The Labute approximate surface area is 127 Å². The van der Waals surface area contributed by atoms with Crippen molar-refractivity contribution in [3.8, 4) is 0 Å². The third kappa shape index (κ3) is 4.50. The topological polar surface area (TPSA) is 41.1 Å². The highest BCUT2D eigenvalue weighted by Gasteiger charge is 2.24. The Morgan fingerprint density at radius 1 is 1.20 bits per heavy atom. The molecule has 2 unspecified atom stereocenters. The van der Waals surface area contributed by atoms with Crippen molar-refractivity contribution >= 4 is 18.3 Å². The number of piperidine rings is 1. The smallest absolute Gasteiger partial charge is 0.223 e. The summed E-state index contributed by atoms with van der Waals surface area (Å²) < 4.78 is 0. The van der Waals surface area contributed by atoms with Crippen LogP contribution in [0.15, 0.2) is 30.3 Å². The van der Waals surface area contributed by atoms with Crippen molar-refractivity contribution < 1.29 is 4.79 Å². The standard InChI is InChI=1S/C16H24N2O.ClH/c1-12(14-6-4-3-5-7-14)13(2)18-16(19)15-8-10-17-11-9-15;/h3-7,12-13,15,17H,8-11H2,1-2H3,(H,18,19);1H. The summed E-state index contributed by atoms with van der Waals surface area (Å²) in [5, 5.41) is 6.47. The fraction of sp³-hybridized carbons (Fsp3) is 0.562. The molecule has 4 heteroatoms. The number of halogens is 1. The average Bonchev–Trinajstić information content (AvgIpc) is 2.48. The number of amides is 1. The number of nitrogens with one attached hydrogen (secondary N) is 2. The lowest BCUT2D eigenvalue weighted by Crippen LogP contribution is -2.43. The minimum Gasteiger partial charge on any atom is -0.353 e. The maximum atomic E-state index is 12.2. The van der Waals surface area contributed by atoms with Crippen LogP contribution < -0.4 is 10.6 Å². The molecule has 0 radical (unpaired) electrons. The zero-order chi connectivity index (χ0) is 13.7. The molecule has 0 bridgehead atoms. The van der Waals surface area contributed by atoms with E-state index in [1.165, 1.54) is 5.56 Å². The molecule has 1 amide bonds. The molecule has 0 aromatic heterocycles. The number of hydrogen-bond donors (Lipinski definition) is 2. The predicted octanol–water partition coefficient (Wildman–Crippen LogP) is 2.72. The summed E-state index contributed by atoms with van der Waals surface area (Å²) in [4.78, 5) is 12.2. The normalized spacial score (nSPS) is 18.7. The van der Waals surface area contributed by atoms with Crippen LogP contribution in [0.1, 0.15) is 38.2 Å². The molecule has 112 valence electrons. The number of carbonyl (C=O) groups excluding carboxylic acids is 1. The van der Waals surface area contributed by atoms with Crippen molar-refractivity contribution in [3.05, 3.63) is 35.9 Å². The van der Waals surface area contributed by atoms with Gasteiger partial charge in [-0.05, 0) is 38.4 Å². The third-order valence-electron chi connectivity index (χ3n) is 4.16. The molecular weight excluding hydrogens is 272 g/mol. The lowest BCUT2D eigenvalue weighted by molar-refractivity contribution is -0.126. The van der Waals surface area contributed by atoms with E-state index in [1.54, 1.807) is 0 Å².